The van der Waals surface area contributed by atoms with Crippen LogP contribution in [0.4, 0.5) is 0 Å². The number of amides is 1. The summed E-state index contributed by atoms with van der Waals surface area (Å²) in [6.07, 6.45) is 2.12. The molecule has 0 saturated carbocycles. The Morgan fingerprint density at radius 2 is 2.05 bits per heavy atom. The van der Waals surface area contributed by atoms with Crippen molar-refractivity contribution in [2.24, 2.45) is 0 Å². The number of carbonyl (C=O) groups excluding carboxylic acids is 1. The monoisotopic (exact) mass is 299 g/mol. The van der Waals surface area contributed by atoms with E-state index in [1.54, 1.807) is 16.9 Å². The first kappa shape index (κ1) is 14.3. The average Bonchev–Trinajstić information content (AvgIpc) is 3.12. The van der Waals surface area contributed by atoms with Gasteiger partial charge in [-0.1, -0.05) is 24.3 Å². The van der Waals surface area contributed by atoms with Gasteiger partial charge in [0.15, 0.2) is 0 Å². The number of aliphatic carboxylic acids is 1. The number of aromatic nitrogens is 2. The van der Waals surface area contributed by atoms with E-state index >= 15 is 0 Å². The third-order valence-corrected chi connectivity index (χ3v) is 4.02. The minimum absolute atomic E-state index is 0.280. The Hall–Kier alpha value is -2.63. The molecule has 2 atom stereocenters. The molecule has 1 aromatic heterocycles. The van der Waals surface area contributed by atoms with Crippen LogP contribution in [0.1, 0.15) is 46.9 Å². The van der Waals surface area contributed by atoms with Gasteiger partial charge in [0.2, 0.25) is 0 Å². The maximum Gasteiger partial charge on any atom is 0.311 e. The average molecular weight is 299 g/mol. The van der Waals surface area contributed by atoms with Crippen molar-refractivity contribution in [2.75, 3.05) is 0 Å². The van der Waals surface area contributed by atoms with E-state index in [9.17, 15) is 14.7 Å². The molecule has 6 nitrogen and oxygen atoms in total. The minimum atomic E-state index is -0.862. The van der Waals surface area contributed by atoms with Crippen LogP contribution in [-0.4, -0.2) is 26.8 Å². The quantitative estimate of drug-likeness (QED) is 0.903. The van der Waals surface area contributed by atoms with E-state index in [1.165, 1.54) is 0 Å². The Kier molecular flexibility index (Phi) is 3.66. The van der Waals surface area contributed by atoms with Gasteiger partial charge in [-0.2, -0.15) is 5.10 Å². The molecule has 2 N–H and O–H groups in total. The molecule has 0 aliphatic heterocycles. The van der Waals surface area contributed by atoms with Crippen molar-refractivity contribution in [3.8, 4) is 0 Å². The van der Waals surface area contributed by atoms with Gasteiger partial charge in [-0.25, -0.2) is 0 Å². The summed E-state index contributed by atoms with van der Waals surface area (Å²) in [5, 5.41) is 16.4. The van der Waals surface area contributed by atoms with E-state index in [1.807, 2.05) is 31.2 Å². The van der Waals surface area contributed by atoms with Crippen LogP contribution in [0.25, 0.3) is 0 Å². The number of carboxylic acids is 1. The van der Waals surface area contributed by atoms with Crippen LogP contribution < -0.4 is 5.32 Å². The lowest BCUT2D eigenvalue weighted by Gasteiger charge is -2.13. The number of rotatable bonds is 4. The second kappa shape index (κ2) is 5.63. The molecule has 1 amide bonds. The Bertz CT molecular complexity index is 723. The number of fused-ring (bicyclic) bond motifs is 1. The fourth-order valence-corrected chi connectivity index (χ4v) is 2.90. The highest BCUT2D eigenvalue weighted by Gasteiger charge is 2.36. The van der Waals surface area contributed by atoms with Gasteiger partial charge in [-0.15, -0.1) is 0 Å². The van der Waals surface area contributed by atoms with Crippen LogP contribution in [0, 0.1) is 0 Å². The second-order valence-corrected chi connectivity index (χ2v) is 5.34. The highest BCUT2D eigenvalue weighted by molar-refractivity contribution is 5.92. The van der Waals surface area contributed by atoms with Crippen molar-refractivity contribution in [2.45, 2.75) is 31.8 Å². The highest BCUT2D eigenvalue weighted by atomic mass is 16.4. The maximum absolute atomic E-state index is 12.3. The first-order chi connectivity index (χ1) is 10.6. The molecular formula is C16H17N3O3. The van der Waals surface area contributed by atoms with Gasteiger partial charge in [-0.05, 0) is 30.5 Å². The Labute approximate surface area is 127 Å². The molecule has 114 valence electrons. The Morgan fingerprint density at radius 3 is 2.68 bits per heavy atom. The Balaban J connectivity index is 1.81. The predicted molar refractivity (Wildman–Crippen MR) is 79.5 cm³/mol. The molecule has 3 rings (SSSR count). The molecule has 0 radical (unpaired) electrons. The summed E-state index contributed by atoms with van der Waals surface area (Å²) >= 11 is 0. The molecule has 2 unspecified atom stereocenters. The number of nitrogens with zero attached hydrogens (tertiary/aromatic N) is 2. The van der Waals surface area contributed by atoms with Gasteiger partial charge >= 0.3 is 5.97 Å². The fourth-order valence-electron chi connectivity index (χ4n) is 2.90. The zero-order valence-electron chi connectivity index (χ0n) is 12.2. The van der Waals surface area contributed by atoms with E-state index in [-0.39, 0.29) is 11.9 Å². The topological polar surface area (TPSA) is 84.2 Å². The molecule has 0 saturated heterocycles. The van der Waals surface area contributed by atoms with Crippen molar-refractivity contribution >= 4 is 11.9 Å². The van der Waals surface area contributed by atoms with Gasteiger partial charge in [0.25, 0.3) is 5.91 Å². The number of hydrogen-bond donors (Lipinski definition) is 2. The molecule has 1 aliphatic rings. The van der Waals surface area contributed by atoms with Crippen molar-refractivity contribution in [3.05, 3.63) is 53.3 Å². The summed E-state index contributed by atoms with van der Waals surface area (Å²) < 4.78 is 1.68. The molecule has 0 bridgehead atoms. The number of nitrogens with one attached hydrogen (secondary N) is 1. The predicted octanol–water partition coefficient (Wildman–Crippen LogP) is 1.95. The van der Waals surface area contributed by atoms with Crippen LogP contribution in [0.15, 0.2) is 36.5 Å². The smallest absolute Gasteiger partial charge is 0.311 e. The van der Waals surface area contributed by atoms with Crippen LogP contribution >= 0.6 is 0 Å². The van der Waals surface area contributed by atoms with Crippen molar-refractivity contribution in [1.29, 1.82) is 0 Å². The summed E-state index contributed by atoms with van der Waals surface area (Å²) in [5.41, 5.74) is 2.00. The SMILES string of the molecule is CCn1ccc(C(=O)NC2CC(C(=O)O)c3ccccc32)n1. The van der Waals surface area contributed by atoms with Crippen molar-refractivity contribution in [1.82, 2.24) is 15.1 Å². The van der Waals surface area contributed by atoms with Crippen molar-refractivity contribution in [3.63, 3.8) is 0 Å². The molecule has 22 heavy (non-hydrogen) atoms. The molecule has 2 aromatic rings. The van der Waals surface area contributed by atoms with Gasteiger partial charge in [-0.3, -0.25) is 14.3 Å². The Morgan fingerprint density at radius 1 is 1.32 bits per heavy atom. The van der Waals surface area contributed by atoms with E-state index < -0.39 is 11.9 Å². The third-order valence-electron chi connectivity index (χ3n) is 4.02. The zero-order chi connectivity index (χ0) is 15.7. The summed E-state index contributed by atoms with van der Waals surface area (Å²) in [6, 6.07) is 8.72. The second-order valence-electron chi connectivity index (χ2n) is 5.34. The zero-order valence-corrected chi connectivity index (χ0v) is 12.2. The normalized spacial score (nSPS) is 19.7. The number of benzene rings is 1. The highest BCUT2D eigenvalue weighted by Crippen LogP contribution is 2.40. The van der Waals surface area contributed by atoms with E-state index in [0.29, 0.717) is 18.7 Å². The standard InChI is InChI=1S/C16H17N3O3/c1-2-19-8-7-13(18-19)15(20)17-14-9-12(16(21)22)10-5-3-4-6-11(10)14/h3-8,12,14H,2,9H2,1H3,(H,17,20)(H,21,22). The van der Waals surface area contributed by atoms with Gasteiger partial charge in [0.1, 0.15) is 5.69 Å². The number of aryl methyl sites for hydroxylation is 1. The molecule has 1 aromatic carbocycles. The molecule has 0 fully saturated rings. The molecule has 1 aliphatic carbocycles. The fraction of sp³-hybridized carbons (Fsp3) is 0.312. The lowest BCUT2D eigenvalue weighted by molar-refractivity contribution is -0.138. The van der Waals surface area contributed by atoms with Gasteiger partial charge in [0.05, 0.1) is 12.0 Å². The number of carboxylic acid groups (broad SMARTS) is 1. The van der Waals surface area contributed by atoms with E-state index in [2.05, 4.69) is 10.4 Å². The van der Waals surface area contributed by atoms with Crippen LogP contribution in [0.5, 0.6) is 0 Å². The molecular weight excluding hydrogens is 282 g/mol. The van der Waals surface area contributed by atoms with Crippen LogP contribution in [-0.2, 0) is 11.3 Å². The maximum atomic E-state index is 12.3. The summed E-state index contributed by atoms with van der Waals surface area (Å²) in [7, 11) is 0. The molecule has 6 heteroatoms. The molecule has 0 spiro atoms. The van der Waals surface area contributed by atoms with Crippen LogP contribution in [0.3, 0.4) is 0 Å². The third kappa shape index (κ3) is 2.47. The lowest BCUT2D eigenvalue weighted by atomic mass is 10.0. The van der Waals surface area contributed by atoms with Gasteiger partial charge < -0.3 is 10.4 Å². The summed E-state index contributed by atoms with van der Waals surface area (Å²) in [6.45, 7) is 2.64. The summed E-state index contributed by atoms with van der Waals surface area (Å²) in [4.78, 5) is 23.7. The number of hydrogen-bond acceptors (Lipinski definition) is 3. The molecule has 1 heterocycles. The van der Waals surface area contributed by atoms with Crippen LogP contribution in [0.2, 0.25) is 0 Å². The minimum Gasteiger partial charge on any atom is -0.481 e. The van der Waals surface area contributed by atoms with Gasteiger partial charge in [0, 0.05) is 12.7 Å². The lowest BCUT2D eigenvalue weighted by Crippen LogP contribution is -2.28. The first-order valence-corrected chi connectivity index (χ1v) is 7.26. The van der Waals surface area contributed by atoms with E-state index in [0.717, 1.165) is 11.1 Å². The largest absolute Gasteiger partial charge is 0.481 e. The number of carbonyl (C=O) groups is 2. The summed E-state index contributed by atoms with van der Waals surface area (Å²) in [5.74, 6) is -1.72. The van der Waals surface area contributed by atoms with E-state index in [4.69, 9.17) is 0 Å². The van der Waals surface area contributed by atoms with Crippen molar-refractivity contribution < 1.29 is 14.7 Å². The first-order valence-electron chi connectivity index (χ1n) is 7.26.